The molecule has 0 spiro atoms. The van der Waals surface area contributed by atoms with E-state index >= 15 is 0 Å². The van der Waals surface area contributed by atoms with Gasteiger partial charge in [-0.1, -0.05) is 20.8 Å². The van der Waals surface area contributed by atoms with Crippen molar-refractivity contribution in [2.24, 2.45) is 28.0 Å². The lowest BCUT2D eigenvalue weighted by Crippen LogP contribution is -2.39. The van der Waals surface area contributed by atoms with Crippen molar-refractivity contribution in [2.75, 3.05) is 13.1 Å². The van der Waals surface area contributed by atoms with Gasteiger partial charge in [0.15, 0.2) is 0 Å². The van der Waals surface area contributed by atoms with E-state index < -0.39 is 0 Å². The fraction of sp³-hybridized carbons (Fsp3) is 0.909. The smallest absolute Gasteiger partial charge is 0.213 e. The van der Waals surface area contributed by atoms with Crippen LogP contribution in [0.2, 0.25) is 0 Å². The molecule has 0 aromatic heterocycles. The summed E-state index contributed by atoms with van der Waals surface area (Å²) in [6, 6.07) is 0. The highest BCUT2D eigenvalue weighted by Crippen LogP contribution is 2.34. The number of hydrogen-bond donors (Lipinski definition) is 2. The van der Waals surface area contributed by atoms with E-state index in [1.165, 1.54) is 19.3 Å². The highest BCUT2D eigenvalue weighted by Gasteiger charge is 2.27. The van der Waals surface area contributed by atoms with Crippen molar-refractivity contribution in [3.05, 3.63) is 0 Å². The van der Waals surface area contributed by atoms with Crippen LogP contribution < -0.4 is 11.6 Å². The molecule has 0 bridgehead atoms. The van der Waals surface area contributed by atoms with Crippen molar-refractivity contribution in [1.29, 1.82) is 0 Å². The molecule has 0 saturated carbocycles. The minimum Gasteiger partial charge on any atom is -0.368 e. The summed E-state index contributed by atoms with van der Waals surface area (Å²) in [5.41, 5.74) is 6.12. The van der Waals surface area contributed by atoms with Gasteiger partial charge < -0.3 is 16.5 Å². The zero-order valence-corrected chi connectivity index (χ0v) is 10.2. The third-order valence-electron chi connectivity index (χ3n) is 3.41. The maximum absolute atomic E-state index is 5.72. The SMILES string of the molecule is CC(C)(C)C1CCCN(C(N)=NN)CC1. The molecule has 1 atom stereocenters. The zero-order valence-electron chi connectivity index (χ0n) is 10.2. The molecule has 0 amide bonds. The third-order valence-corrected chi connectivity index (χ3v) is 3.41. The lowest BCUT2D eigenvalue weighted by atomic mass is 9.77. The van der Waals surface area contributed by atoms with Crippen LogP contribution in [0.3, 0.4) is 0 Å². The Labute approximate surface area is 92.7 Å². The van der Waals surface area contributed by atoms with Crippen molar-refractivity contribution in [1.82, 2.24) is 4.90 Å². The van der Waals surface area contributed by atoms with Gasteiger partial charge in [-0.2, -0.15) is 0 Å². The Morgan fingerprint density at radius 2 is 1.93 bits per heavy atom. The summed E-state index contributed by atoms with van der Waals surface area (Å²) in [6.07, 6.45) is 3.63. The molecule has 1 aliphatic heterocycles. The average molecular weight is 212 g/mol. The highest BCUT2D eigenvalue weighted by molar-refractivity contribution is 5.77. The second-order valence-electron chi connectivity index (χ2n) is 5.47. The Hall–Kier alpha value is -0.930. The van der Waals surface area contributed by atoms with Crippen LogP contribution in [-0.4, -0.2) is 23.9 Å². The molecular formula is C11H24N4. The van der Waals surface area contributed by atoms with Gasteiger partial charge in [0.2, 0.25) is 5.96 Å². The van der Waals surface area contributed by atoms with E-state index in [-0.39, 0.29) is 0 Å². The predicted octanol–water partition coefficient (Wildman–Crippen LogP) is 1.32. The summed E-state index contributed by atoms with van der Waals surface area (Å²) in [5, 5.41) is 3.56. The minimum atomic E-state index is 0.393. The summed E-state index contributed by atoms with van der Waals surface area (Å²) >= 11 is 0. The van der Waals surface area contributed by atoms with E-state index in [1.54, 1.807) is 0 Å². The van der Waals surface area contributed by atoms with Gasteiger partial charge in [-0.05, 0) is 30.6 Å². The van der Waals surface area contributed by atoms with E-state index in [0.717, 1.165) is 19.0 Å². The molecular weight excluding hydrogens is 188 g/mol. The van der Waals surface area contributed by atoms with Gasteiger partial charge >= 0.3 is 0 Å². The van der Waals surface area contributed by atoms with Gasteiger partial charge in [0, 0.05) is 13.1 Å². The molecule has 1 fully saturated rings. The van der Waals surface area contributed by atoms with E-state index in [4.69, 9.17) is 11.6 Å². The lowest BCUT2D eigenvalue weighted by Gasteiger charge is -2.29. The Balaban J connectivity index is 2.56. The van der Waals surface area contributed by atoms with Crippen LogP contribution >= 0.6 is 0 Å². The first-order chi connectivity index (χ1) is 6.95. The number of hydrazone groups is 1. The van der Waals surface area contributed by atoms with E-state index in [0.29, 0.717) is 11.4 Å². The fourth-order valence-electron chi connectivity index (χ4n) is 2.27. The van der Waals surface area contributed by atoms with Crippen LogP contribution in [0.1, 0.15) is 40.0 Å². The van der Waals surface area contributed by atoms with Crippen LogP contribution in [-0.2, 0) is 0 Å². The number of rotatable bonds is 0. The summed E-state index contributed by atoms with van der Waals surface area (Å²) in [6.45, 7) is 8.91. The van der Waals surface area contributed by atoms with E-state index in [1.807, 2.05) is 0 Å². The normalized spacial score (nSPS) is 25.1. The van der Waals surface area contributed by atoms with Crippen LogP contribution in [0.4, 0.5) is 0 Å². The first-order valence-corrected chi connectivity index (χ1v) is 5.73. The van der Waals surface area contributed by atoms with Crippen molar-refractivity contribution >= 4 is 5.96 Å². The second-order valence-corrected chi connectivity index (χ2v) is 5.47. The number of hydrogen-bond acceptors (Lipinski definition) is 2. The Bertz CT molecular complexity index is 229. The summed E-state index contributed by atoms with van der Waals surface area (Å²) in [5.74, 6) is 6.44. The summed E-state index contributed by atoms with van der Waals surface area (Å²) < 4.78 is 0. The molecule has 88 valence electrons. The van der Waals surface area contributed by atoms with Gasteiger partial charge in [0.1, 0.15) is 0 Å². The molecule has 1 rings (SSSR count). The largest absolute Gasteiger partial charge is 0.368 e. The predicted molar refractivity (Wildman–Crippen MR) is 64.2 cm³/mol. The Morgan fingerprint density at radius 1 is 1.27 bits per heavy atom. The van der Waals surface area contributed by atoms with Gasteiger partial charge in [-0.25, -0.2) is 0 Å². The van der Waals surface area contributed by atoms with Crippen LogP contribution in [0.15, 0.2) is 5.10 Å². The first-order valence-electron chi connectivity index (χ1n) is 5.73. The quantitative estimate of drug-likeness (QED) is 0.275. The molecule has 15 heavy (non-hydrogen) atoms. The maximum Gasteiger partial charge on any atom is 0.213 e. The number of nitrogens with zero attached hydrogens (tertiary/aromatic N) is 2. The monoisotopic (exact) mass is 212 g/mol. The second kappa shape index (κ2) is 4.73. The maximum atomic E-state index is 5.72. The molecule has 4 nitrogen and oxygen atoms in total. The van der Waals surface area contributed by atoms with Crippen LogP contribution in [0, 0.1) is 11.3 Å². The van der Waals surface area contributed by atoms with E-state index in [9.17, 15) is 0 Å². The van der Waals surface area contributed by atoms with E-state index in [2.05, 4.69) is 30.8 Å². The highest BCUT2D eigenvalue weighted by atomic mass is 15.3. The molecule has 1 aliphatic rings. The van der Waals surface area contributed by atoms with Gasteiger partial charge in [-0.3, -0.25) is 0 Å². The Kier molecular flexibility index (Phi) is 3.83. The van der Waals surface area contributed by atoms with Crippen molar-refractivity contribution < 1.29 is 0 Å². The summed E-state index contributed by atoms with van der Waals surface area (Å²) in [4.78, 5) is 2.09. The number of likely N-dealkylation sites (tertiary alicyclic amines) is 1. The van der Waals surface area contributed by atoms with Crippen molar-refractivity contribution in [2.45, 2.75) is 40.0 Å². The van der Waals surface area contributed by atoms with Crippen LogP contribution in [0.25, 0.3) is 0 Å². The molecule has 0 aromatic rings. The zero-order chi connectivity index (χ0) is 11.5. The Morgan fingerprint density at radius 3 is 2.47 bits per heavy atom. The van der Waals surface area contributed by atoms with Crippen LogP contribution in [0.5, 0.6) is 0 Å². The standard InChI is InChI=1S/C11H24N4/c1-11(2,3)9-5-4-7-15(8-6-9)10(12)14-13/h9H,4-8,13H2,1-3H3,(H2,12,14). The fourth-order valence-corrected chi connectivity index (χ4v) is 2.27. The minimum absolute atomic E-state index is 0.393. The van der Waals surface area contributed by atoms with Crippen molar-refractivity contribution in [3.8, 4) is 0 Å². The topological polar surface area (TPSA) is 67.6 Å². The van der Waals surface area contributed by atoms with Gasteiger partial charge in [0.05, 0.1) is 0 Å². The van der Waals surface area contributed by atoms with Gasteiger partial charge in [0.25, 0.3) is 0 Å². The lowest BCUT2D eigenvalue weighted by molar-refractivity contribution is 0.216. The van der Waals surface area contributed by atoms with Crippen molar-refractivity contribution in [3.63, 3.8) is 0 Å². The number of nitrogens with two attached hydrogens (primary N) is 2. The van der Waals surface area contributed by atoms with Gasteiger partial charge in [-0.15, -0.1) is 5.10 Å². The molecule has 1 saturated heterocycles. The third kappa shape index (κ3) is 3.29. The molecule has 1 heterocycles. The summed E-state index contributed by atoms with van der Waals surface area (Å²) in [7, 11) is 0. The molecule has 0 aromatic carbocycles. The molecule has 4 heteroatoms. The number of guanidine groups is 1. The molecule has 0 aliphatic carbocycles. The first kappa shape index (κ1) is 12.1. The average Bonchev–Trinajstić information content (AvgIpc) is 2.40. The molecule has 0 radical (unpaired) electrons. The molecule has 1 unspecified atom stereocenters. The molecule has 4 N–H and O–H groups in total.